The van der Waals surface area contributed by atoms with E-state index in [1.165, 1.54) is 16.7 Å². The van der Waals surface area contributed by atoms with Gasteiger partial charge in [-0.05, 0) is 31.5 Å². The molecule has 0 spiro atoms. The number of nitrogens with zero attached hydrogens (tertiary/aromatic N) is 4. The van der Waals surface area contributed by atoms with Crippen molar-refractivity contribution < 1.29 is 9.59 Å². The number of thioether (sulfide) groups is 1. The molecule has 2 heterocycles. The van der Waals surface area contributed by atoms with E-state index in [0.717, 1.165) is 11.3 Å². The molecule has 3 rings (SSSR count). The van der Waals surface area contributed by atoms with E-state index < -0.39 is 5.25 Å². The van der Waals surface area contributed by atoms with Crippen LogP contribution < -0.4 is 5.32 Å². The van der Waals surface area contributed by atoms with Gasteiger partial charge in [-0.25, -0.2) is 4.79 Å². The summed E-state index contributed by atoms with van der Waals surface area (Å²) in [5.41, 5.74) is 1.79. The number of hydrogen-bond acceptors (Lipinski definition) is 5. The van der Waals surface area contributed by atoms with E-state index in [9.17, 15) is 9.59 Å². The molecule has 7 nitrogen and oxygen atoms in total. The number of halogens is 1. The minimum absolute atomic E-state index is 0.244. The van der Waals surface area contributed by atoms with E-state index in [-0.39, 0.29) is 11.9 Å². The van der Waals surface area contributed by atoms with Crippen LogP contribution in [0.5, 0.6) is 0 Å². The van der Waals surface area contributed by atoms with Crippen molar-refractivity contribution >= 4 is 35.3 Å². The molecule has 1 aromatic heterocycles. The molecule has 0 bridgehead atoms. The minimum atomic E-state index is -0.460. The fourth-order valence-electron chi connectivity index (χ4n) is 2.32. The molecular formula is C15H16ClN5O2S. The second kappa shape index (κ2) is 6.82. The van der Waals surface area contributed by atoms with Gasteiger partial charge in [0, 0.05) is 18.1 Å². The van der Waals surface area contributed by atoms with Crippen LogP contribution in [0.25, 0.3) is 5.69 Å². The van der Waals surface area contributed by atoms with Gasteiger partial charge >= 0.3 is 6.03 Å². The maximum Gasteiger partial charge on any atom is 0.324 e. The normalized spacial score (nSPS) is 15.5. The molecule has 3 amide bonds. The molecule has 9 heteroatoms. The monoisotopic (exact) mass is 365 g/mol. The number of carbonyl (C=O) groups is 2. The second-order valence-electron chi connectivity index (χ2n) is 5.40. The molecule has 0 aliphatic carbocycles. The molecule has 1 atom stereocenters. The van der Waals surface area contributed by atoms with Crippen molar-refractivity contribution in [1.82, 2.24) is 25.0 Å². The van der Waals surface area contributed by atoms with Gasteiger partial charge in [0.2, 0.25) is 5.91 Å². The zero-order chi connectivity index (χ0) is 17.3. The van der Waals surface area contributed by atoms with Crippen molar-refractivity contribution in [3.8, 4) is 5.69 Å². The molecule has 1 fully saturated rings. The second-order valence-corrected chi connectivity index (χ2v) is 7.11. The van der Waals surface area contributed by atoms with Crippen LogP contribution in [0.4, 0.5) is 4.79 Å². The fraction of sp³-hybridized carbons (Fsp3) is 0.333. The Balaban J connectivity index is 1.79. The number of hydrogen-bond donors (Lipinski definition) is 1. The number of nitrogens with one attached hydrogen (secondary N) is 1. The van der Waals surface area contributed by atoms with Gasteiger partial charge in [-0.2, -0.15) is 0 Å². The Labute approximate surface area is 148 Å². The first-order valence-corrected chi connectivity index (χ1v) is 8.65. The topological polar surface area (TPSA) is 80.1 Å². The largest absolute Gasteiger partial charge is 0.336 e. The summed E-state index contributed by atoms with van der Waals surface area (Å²) < 4.78 is 1.77. The van der Waals surface area contributed by atoms with Crippen LogP contribution >= 0.6 is 23.4 Å². The summed E-state index contributed by atoms with van der Waals surface area (Å²) in [5.74, 6) is -0.244. The number of benzene rings is 1. The Morgan fingerprint density at radius 1 is 1.46 bits per heavy atom. The Morgan fingerprint density at radius 2 is 2.25 bits per heavy atom. The zero-order valence-corrected chi connectivity index (χ0v) is 14.8. The zero-order valence-electron chi connectivity index (χ0n) is 13.2. The molecule has 0 saturated carbocycles. The lowest BCUT2D eigenvalue weighted by molar-refractivity contribution is -0.126. The Morgan fingerprint density at radius 3 is 2.92 bits per heavy atom. The number of urea groups is 1. The molecule has 0 unspecified atom stereocenters. The van der Waals surface area contributed by atoms with E-state index in [2.05, 4.69) is 15.5 Å². The van der Waals surface area contributed by atoms with Crippen LogP contribution in [0, 0.1) is 6.92 Å². The number of rotatable bonds is 4. The highest BCUT2D eigenvalue weighted by Crippen LogP contribution is 2.27. The van der Waals surface area contributed by atoms with Gasteiger partial charge in [-0.1, -0.05) is 29.4 Å². The Hall–Kier alpha value is -2.06. The van der Waals surface area contributed by atoms with Crippen LogP contribution in [-0.4, -0.2) is 49.9 Å². The van der Waals surface area contributed by atoms with Gasteiger partial charge in [-0.15, -0.1) is 10.2 Å². The highest BCUT2D eigenvalue weighted by molar-refractivity contribution is 8.00. The van der Waals surface area contributed by atoms with E-state index >= 15 is 0 Å². The minimum Gasteiger partial charge on any atom is -0.336 e. The molecule has 24 heavy (non-hydrogen) atoms. The molecule has 1 N–H and O–H groups in total. The first kappa shape index (κ1) is 16.8. The van der Waals surface area contributed by atoms with Gasteiger partial charge < -0.3 is 5.32 Å². The lowest BCUT2D eigenvalue weighted by atomic mass is 10.2. The highest BCUT2D eigenvalue weighted by atomic mass is 35.5. The van der Waals surface area contributed by atoms with Gasteiger partial charge in [0.1, 0.15) is 6.33 Å². The predicted molar refractivity (Wildman–Crippen MR) is 91.5 cm³/mol. The quantitative estimate of drug-likeness (QED) is 0.840. The maximum absolute atomic E-state index is 12.4. The molecule has 1 aliphatic heterocycles. The summed E-state index contributed by atoms with van der Waals surface area (Å²) in [7, 11) is 0. The summed E-state index contributed by atoms with van der Waals surface area (Å²) in [6, 6.07) is 5.30. The molecular weight excluding hydrogens is 350 g/mol. The summed E-state index contributed by atoms with van der Waals surface area (Å²) in [6.45, 7) is 4.55. The van der Waals surface area contributed by atoms with Crippen molar-refractivity contribution in [2.24, 2.45) is 0 Å². The Kier molecular flexibility index (Phi) is 4.77. The molecule has 0 radical (unpaired) electrons. The van der Waals surface area contributed by atoms with Crippen molar-refractivity contribution in [2.45, 2.75) is 24.3 Å². The summed E-state index contributed by atoms with van der Waals surface area (Å²) in [6.07, 6.45) is 1.57. The van der Waals surface area contributed by atoms with Crippen molar-refractivity contribution in [1.29, 1.82) is 0 Å². The van der Waals surface area contributed by atoms with Gasteiger partial charge in [0.25, 0.3) is 0 Å². The number of carbonyl (C=O) groups excluding carboxylic acids is 2. The molecule has 2 aromatic rings. The van der Waals surface area contributed by atoms with Crippen molar-refractivity contribution in [3.05, 3.63) is 35.1 Å². The van der Waals surface area contributed by atoms with Gasteiger partial charge in [0.05, 0.1) is 10.9 Å². The fourth-order valence-corrected chi connectivity index (χ4v) is 3.40. The summed E-state index contributed by atoms with van der Waals surface area (Å²) >= 11 is 7.43. The highest BCUT2D eigenvalue weighted by Gasteiger charge is 2.31. The van der Waals surface area contributed by atoms with Crippen LogP contribution in [-0.2, 0) is 4.79 Å². The van der Waals surface area contributed by atoms with Crippen LogP contribution in [0.15, 0.2) is 29.7 Å². The third-order valence-electron chi connectivity index (χ3n) is 3.70. The SMILES string of the molecule is Cc1ccc(-n2cnnc2S[C@H](C)C(=O)N2CCNC2=O)cc1Cl. The van der Waals surface area contributed by atoms with E-state index in [1.54, 1.807) is 17.8 Å². The van der Waals surface area contributed by atoms with E-state index in [0.29, 0.717) is 23.3 Å². The lowest BCUT2D eigenvalue weighted by Crippen LogP contribution is -2.39. The predicted octanol–water partition coefficient (Wildman–Crippen LogP) is 2.26. The number of amides is 3. The van der Waals surface area contributed by atoms with Crippen molar-refractivity contribution in [2.75, 3.05) is 13.1 Å². The number of imide groups is 1. The smallest absolute Gasteiger partial charge is 0.324 e. The van der Waals surface area contributed by atoms with Crippen LogP contribution in [0.1, 0.15) is 12.5 Å². The van der Waals surface area contributed by atoms with Gasteiger partial charge in [-0.3, -0.25) is 14.3 Å². The number of aromatic nitrogens is 3. The lowest BCUT2D eigenvalue weighted by Gasteiger charge is -2.17. The molecule has 1 saturated heterocycles. The van der Waals surface area contributed by atoms with Crippen molar-refractivity contribution in [3.63, 3.8) is 0 Å². The summed E-state index contributed by atoms with van der Waals surface area (Å²) in [5, 5.41) is 11.4. The van der Waals surface area contributed by atoms with Gasteiger partial charge in [0.15, 0.2) is 5.16 Å². The molecule has 1 aromatic carbocycles. The molecule has 126 valence electrons. The first-order chi connectivity index (χ1) is 11.5. The average Bonchev–Trinajstić information content (AvgIpc) is 3.18. The average molecular weight is 366 g/mol. The standard InChI is InChI=1S/C15H16ClN5O2S/c1-9-3-4-11(7-12(9)16)21-8-18-19-15(21)24-10(2)13(22)20-6-5-17-14(20)23/h3-4,7-8,10H,5-6H2,1-2H3,(H,17,23)/t10-/m1/s1. The number of aryl methyl sites for hydroxylation is 1. The Bertz CT molecular complexity index is 794. The van der Waals surface area contributed by atoms with Crippen LogP contribution in [0.3, 0.4) is 0 Å². The summed E-state index contributed by atoms with van der Waals surface area (Å²) in [4.78, 5) is 25.2. The van der Waals surface area contributed by atoms with Crippen LogP contribution in [0.2, 0.25) is 5.02 Å². The van der Waals surface area contributed by atoms with E-state index in [1.807, 2.05) is 25.1 Å². The van der Waals surface area contributed by atoms with E-state index in [4.69, 9.17) is 11.6 Å². The third kappa shape index (κ3) is 3.25. The molecule has 1 aliphatic rings. The maximum atomic E-state index is 12.4. The first-order valence-electron chi connectivity index (χ1n) is 7.40. The third-order valence-corrected chi connectivity index (χ3v) is 5.15.